The van der Waals surface area contributed by atoms with E-state index >= 15 is 0 Å². The van der Waals surface area contributed by atoms with Crippen molar-refractivity contribution in [2.45, 2.75) is 258 Å². The second-order valence-corrected chi connectivity index (χ2v) is 21.6. The first kappa shape index (κ1) is 65.7. The van der Waals surface area contributed by atoms with Gasteiger partial charge in [-0.1, -0.05) is 204 Å². The van der Waals surface area contributed by atoms with E-state index in [0.717, 1.165) is 109 Å². The molecule has 0 heterocycles. The summed E-state index contributed by atoms with van der Waals surface area (Å²) in [5.41, 5.74) is 0. The number of rotatable bonds is 50. The van der Waals surface area contributed by atoms with Gasteiger partial charge in [0.25, 0.3) is 0 Å². The normalized spacial score (nSPS) is 14.3. The highest BCUT2D eigenvalue weighted by Crippen LogP contribution is 2.43. The number of carbonyl (C=O) groups excluding carboxylic acids is 2. The van der Waals surface area contributed by atoms with Gasteiger partial charge in [-0.2, -0.15) is 0 Å². The van der Waals surface area contributed by atoms with Crippen LogP contribution in [0.25, 0.3) is 0 Å². The highest BCUT2D eigenvalue weighted by atomic mass is 31.2. The van der Waals surface area contributed by atoms with Crippen LogP contribution >= 0.6 is 7.82 Å². The smallest absolute Gasteiger partial charge is 0.456 e. The van der Waals surface area contributed by atoms with Crippen molar-refractivity contribution in [1.29, 1.82) is 0 Å². The number of hydrogen-bond acceptors (Lipinski definition) is 6. The number of hydrogen-bond donors (Lipinski definition) is 2. The van der Waals surface area contributed by atoms with E-state index in [2.05, 4.69) is 74.7 Å². The molecule has 1 amide bonds. The van der Waals surface area contributed by atoms with Gasteiger partial charge >= 0.3 is 13.8 Å². The van der Waals surface area contributed by atoms with Crippen molar-refractivity contribution in [3.8, 4) is 0 Å². The lowest BCUT2D eigenvalue weighted by Crippen LogP contribution is -2.47. The van der Waals surface area contributed by atoms with Crippen molar-refractivity contribution in [3.05, 3.63) is 60.8 Å². The van der Waals surface area contributed by atoms with Gasteiger partial charge in [0.1, 0.15) is 19.3 Å². The summed E-state index contributed by atoms with van der Waals surface area (Å²) in [6, 6.07) is -0.857. The summed E-state index contributed by atoms with van der Waals surface area (Å²) < 4.78 is 30.5. The molecule has 9 nitrogen and oxygen atoms in total. The number of carbonyl (C=O) groups is 2. The molecule has 10 heteroatoms. The molecule has 396 valence electrons. The van der Waals surface area contributed by atoms with Crippen molar-refractivity contribution in [3.63, 3.8) is 0 Å². The molecule has 3 unspecified atom stereocenters. The second-order valence-electron chi connectivity index (χ2n) is 20.1. The Kier molecular flexibility index (Phi) is 46.7. The predicted molar refractivity (Wildman–Crippen MR) is 291 cm³/mol. The Morgan fingerprint density at radius 1 is 0.515 bits per heavy atom. The van der Waals surface area contributed by atoms with E-state index in [0.29, 0.717) is 17.4 Å². The molecule has 0 aromatic heterocycles. The van der Waals surface area contributed by atoms with Crippen LogP contribution in [-0.2, 0) is 27.9 Å². The van der Waals surface area contributed by atoms with Crippen LogP contribution in [0.1, 0.15) is 245 Å². The predicted octanol–water partition coefficient (Wildman–Crippen LogP) is 16.7. The highest BCUT2D eigenvalue weighted by Gasteiger charge is 2.30. The van der Waals surface area contributed by atoms with Crippen LogP contribution in [0.4, 0.5) is 0 Å². The number of esters is 1. The van der Waals surface area contributed by atoms with Gasteiger partial charge in [0, 0.05) is 12.8 Å². The van der Waals surface area contributed by atoms with E-state index in [1.54, 1.807) is 0 Å². The van der Waals surface area contributed by atoms with Gasteiger partial charge in [0.05, 0.1) is 33.8 Å². The van der Waals surface area contributed by atoms with Gasteiger partial charge in [-0.15, -0.1) is 0 Å². The zero-order valence-electron chi connectivity index (χ0n) is 45.1. The number of amides is 1. The molecule has 0 saturated carbocycles. The summed E-state index contributed by atoms with van der Waals surface area (Å²) in [5, 5.41) is 3.03. The van der Waals surface area contributed by atoms with Crippen molar-refractivity contribution in [1.82, 2.24) is 5.32 Å². The molecule has 3 atom stereocenters. The van der Waals surface area contributed by atoms with Crippen LogP contribution < -0.4 is 5.32 Å². The number of nitrogens with one attached hydrogen (secondary N) is 1. The molecule has 0 saturated heterocycles. The summed E-state index contributed by atoms with van der Waals surface area (Å²) in [4.78, 5) is 37.5. The Morgan fingerprint density at radius 3 is 1.43 bits per heavy atom. The van der Waals surface area contributed by atoms with E-state index < -0.39 is 20.0 Å². The maximum absolute atomic E-state index is 13.5. The highest BCUT2D eigenvalue weighted by molar-refractivity contribution is 7.47. The zero-order valence-corrected chi connectivity index (χ0v) is 46.0. The Balaban J connectivity index is 5.34. The minimum atomic E-state index is -4.45. The first-order chi connectivity index (χ1) is 32.9. The maximum atomic E-state index is 13.5. The van der Waals surface area contributed by atoms with Crippen LogP contribution in [0.3, 0.4) is 0 Å². The van der Waals surface area contributed by atoms with Crippen LogP contribution in [0.15, 0.2) is 60.8 Å². The molecular weight excluding hydrogens is 868 g/mol. The van der Waals surface area contributed by atoms with E-state index in [1.165, 1.54) is 103 Å². The zero-order chi connectivity index (χ0) is 50.1. The first-order valence-electron chi connectivity index (χ1n) is 28.1. The van der Waals surface area contributed by atoms with E-state index in [4.69, 9.17) is 13.8 Å². The molecule has 2 N–H and O–H groups in total. The number of unbranched alkanes of at least 4 members (excludes halogenated alkanes) is 26. The Labute approximate surface area is 420 Å². The number of phosphoric ester groups is 1. The van der Waals surface area contributed by atoms with E-state index in [9.17, 15) is 19.0 Å². The number of phosphoric acid groups is 1. The number of allylic oxidation sites excluding steroid dienone is 9. The third-order valence-corrected chi connectivity index (χ3v) is 13.2. The molecule has 68 heavy (non-hydrogen) atoms. The number of quaternary nitrogens is 1. The molecule has 0 fully saturated rings. The maximum Gasteiger partial charge on any atom is 0.472 e. The SMILES string of the molecule is CCCC/C=C\CCCCCCCC(=O)OC(/C=C\CCCCCCCCCCCC)C(COP(=O)(O)OCC[N+](C)(C)C)NC(=O)CCCCCCCC/C=C\C/C=C\C/C=C\CCCCC. The number of nitrogens with zero attached hydrogens (tertiary/aromatic N) is 1. The van der Waals surface area contributed by atoms with Gasteiger partial charge in [0.2, 0.25) is 5.91 Å². The largest absolute Gasteiger partial charge is 0.472 e. The molecule has 0 aliphatic carbocycles. The lowest BCUT2D eigenvalue weighted by molar-refractivity contribution is -0.870. The second kappa shape index (κ2) is 48.3. The van der Waals surface area contributed by atoms with Crippen LogP contribution in [-0.4, -0.2) is 74.3 Å². The third-order valence-electron chi connectivity index (χ3n) is 12.2. The molecule has 0 aliphatic rings. The molecule has 0 aromatic carbocycles. The van der Waals surface area contributed by atoms with Crippen molar-refractivity contribution >= 4 is 19.7 Å². The molecule has 0 aromatic rings. The molecule has 0 radical (unpaired) electrons. The van der Waals surface area contributed by atoms with Crippen molar-refractivity contribution in [2.75, 3.05) is 40.9 Å². The Morgan fingerprint density at radius 2 is 0.912 bits per heavy atom. The van der Waals surface area contributed by atoms with E-state index in [1.807, 2.05) is 33.3 Å². The molecule has 0 rings (SSSR count). The van der Waals surface area contributed by atoms with Gasteiger partial charge in [-0.25, -0.2) is 4.57 Å². The summed E-state index contributed by atoms with van der Waals surface area (Å²) in [6.45, 7) is 6.92. The van der Waals surface area contributed by atoms with Crippen molar-refractivity contribution < 1.29 is 37.3 Å². The summed E-state index contributed by atoms with van der Waals surface area (Å²) in [5.74, 6) is -0.532. The van der Waals surface area contributed by atoms with Crippen LogP contribution in [0.2, 0.25) is 0 Å². The van der Waals surface area contributed by atoms with Gasteiger partial charge in [-0.05, 0) is 89.5 Å². The Bertz CT molecular complexity index is 1350. The molecular formula is C58H108N2O7P+. The number of likely N-dealkylation sites (N-methyl/N-ethyl adjacent to an activating group) is 1. The fourth-order valence-corrected chi connectivity index (χ4v) is 8.49. The van der Waals surface area contributed by atoms with Crippen LogP contribution in [0.5, 0.6) is 0 Å². The minimum absolute atomic E-state index is 0.0347. The lowest BCUT2D eigenvalue weighted by atomic mass is 10.0. The monoisotopic (exact) mass is 976 g/mol. The summed E-state index contributed by atoms with van der Waals surface area (Å²) in [6.07, 6.45) is 59.2. The standard InChI is InChI=1S/C58H107N2O7P/c1-7-10-13-16-19-22-25-27-28-29-30-31-32-33-36-38-41-44-47-50-57(61)59-55(54-66-68(63,64)65-53-52-60(4,5)6)56(49-46-43-40-37-35-26-23-20-17-14-11-8-2)67-58(62)51-48-45-42-39-34-24-21-18-15-12-9-3/h18-19,21-22,27-28,30-31,46,49,55-56H,7-17,20,23-26,29,32-45,47-48,50-54H2,1-6H3,(H-,59,61,63,64)/p+1/b21-18-,22-19-,28-27-,31-30-,49-46-. The average molecular weight is 976 g/mol. The lowest BCUT2D eigenvalue weighted by Gasteiger charge is -2.27. The molecule has 0 aliphatic heterocycles. The molecule has 0 bridgehead atoms. The first-order valence-corrected chi connectivity index (χ1v) is 29.6. The molecule has 0 spiro atoms. The van der Waals surface area contributed by atoms with Gasteiger partial charge in [-0.3, -0.25) is 18.6 Å². The summed E-state index contributed by atoms with van der Waals surface area (Å²) in [7, 11) is 1.48. The van der Waals surface area contributed by atoms with Gasteiger partial charge < -0.3 is 19.4 Å². The topological polar surface area (TPSA) is 111 Å². The Hall–Kier alpha value is -2.29. The average Bonchev–Trinajstić information content (AvgIpc) is 3.29. The van der Waals surface area contributed by atoms with E-state index in [-0.39, 0.29) is 31.5 Å². The fourth-order valence-electron chi connectivity index (χ4n) is 7.75. The summed E-state index contributed by atoms with van der Waals surface area (Å²) >= 11 is 0. The van der Waals surface area contributed by atoms with Crippen LogP contribution in [0, 0.1) is 0 Å². The van der Waals surface area contributed by atoms with Gasteiger partial charge in [0.15, 0.2) is 0 Å². The number of ether oxygens (including phenoxy) is 1. The van der Waals surface area contributed by atoms with Crippen molar-refractivity contribution in [2.24, 2.45) is 0 Å². The minimum Gasteiger partial charge on any atom is -0.456 e. The quantitative estimate of drug-likeness (QED) is 0.0205. The fraction of sp³-hybridized carbons (Fsp3) is 0.793. The third kappa shape index (κ3) is 48.7.